The third kappa shape index (κ3) is 8.92. The molecule has 0 unspecified atom stereocenters. The second-order valence-electron chi connectivity index (χ2n) is 11.1. The van der Waals surface area contributed by atoms with Crippen molar-refractivity contribution in [1.82, 2.24) is 10.2 Å². The largest absolute Gasteiger partial charge is 0.352 e. The van der Waals surface area contributed by atoms with Gasteiger partial charge in [0.25, 0.3) is 0 Å². The molecule has 0 aromatic heterocycles. The van der Waals surface area contributed by atoms with Crippen LogP contribution in [0.1, 0.15) is 60.9 Å². The van der Waals surface area contributed by atoms with Crippen molar-refractivity contribution in [2.45, 2.75) is 78.9 Å². The Morgan fingerprint density at radius 3 is 2.17 bits per heavy atom. The first-order chi connectivity index (χ1) is 19.9. The Morgan fingerprint density at radius 1 is 0.881 bits per heavy atom. The fraction of sp³-hybridized carbons (Fsp3) is 0.412. The summed E-state index contributed by atoms with van der Waals surface area (Å²) in [5, 5.41) is 3.09. The average molecular weight is 592 g/mol. The lowest BCUT2D eigenvalue weighted by atomic mass is 10.0. The standard InChI is InChI=1S/C34H45N3O4S/c1-7-27(4)35-34(39)32(23-29-17-9-8-10-18-29)36(24-30-19-12-11-15-26(30)3)33(38)21-14-22-37(42(6,40)41)31-20-13-16-25(2)28(31)5/h8-13,15-20,27,32H,7,14,21-24H2,1-6H3,(H,35,39)/t27-,32-/m1/s1. The summed E-state index contributed by atoms with van der Waals surface area (Å²) in [7, 11) is -3.57. The molecule has 3 aromatic rings. The molecule has 0 heterocycles. The fourth-order valence-electron chi connectivity index (χ4n) is 4.95. The van der Waals surface area contributed by atoms with Crippen LogP contribution in [-0.4, -0.2) is 50.0 Å². The van der Waals surface area contributed by atoms with E-state index in [0.29, 0.717) is 18.5 Å². The summed E-state index contributed by atoms with van der Waals surface area (Å²) in [4.78, 5) is 29.4. The highest BCUT2D eigenvalue weighted by Gasteiger charge is 2.31. The molecule has 1 N–H and O–H groups in total. The van der Waals surface area contributed by atoms with Gasteiger partial charge in [0.1, 0.15) is 6.04 Å². The van der Waals surface area contributed by atoms with Crippen molar-refractivity contribution in [3.63, 3.8) is 0 Å². The van der Waals surface area contributed by atoms with Gasteiger partial charge in [0, 0.05) is 32.0 Å². The molecule has 3 aromatic carbocycles. The van der Waals surface area contributed by atoms with Crippen molar-refractivity contribution in [2.24, 2.45) is 0 Å². The van der Waals surface area contributed by atoms with Gasteiger partial charge in [0.15, 0.2) is 0 Å². The monoisotopic (exact) mass is 591 g/mol. The summed E-state index contributed by atoms with van der Waals surface area (Å²) < 4.78 is 27.0. The molecular formula is C34H45N3O4S. The maximum atomic E-state index is 14.0. The minimum atomic E-state index is -3.57. The molecule has 2 atom stereocenters. The lowest BCUT2D eigenvalue weighted by Crippen LogP contribution is -2.52. The molecule has 0 bridgehead atoms. The van der Waals surface area contributed by atoms with Crippen LogP contribution in [0.3, 0.4) is 0 Å². The van der Waals surface area contributed by atoms with E-state index < -0.39 is 16.1 Å². The molecule has 0 radical (unpaired) electrons. The molecule has 0 aliphatic heterocycles. The average Bonchev–Trinajstić information content (AvgIpc) is 2.95. The number of amides is 2. The molecule has 7 nitrogen and oxygen atoms in total. The summed E-state index contributed by atoms with van der Waals surface area (Å²) in [5.41, 5.74) is 5.47. The van der Waals surface area contributed by atoms with Gasteiger partial charge in [0.05, 0.1) is 11.9 Å². The van der Waals surface area contributed by atoms with Gasteiger partial charge in [-0.05, 0) is 74.4 Å². The van der Waals surface area contributed by atoms with Gasteiger partial charge in [-0.3, -0.25) is 13.9 Å². The molecular weight excluding hydrogens is 546 g/mol. The van der Waals surface area contributed by atoms with Gasteiger partial charge >= 0.3 is 0 Å². The molecule has 42 heavy (non-hydrogen) atoms. The number of nitrogens with one attached hydrogen (secondary N) is 1. The van der Waals surface area contributed by atoms with Gasteiger partial charge < -0.3 is 10.2 Å². The second-order valence-corrected chi connectivity index (χ2v) is 13.0. The Kier molecular flexibility index (Phi) is 11.7. The maximum Gasteiger partial charge on any atom is 0.243 e. The van der Waals surface area contributed by atoms with Crippen LogP contribution >= 0.6 is 0 Å². The molecule has 3 rings (SSSR count). The van der Waals surface area contributed by atoms with Gasteiger partial charge in [-0.1, -0.05) is 73.7 Å². The number of hydrogen-bond acceptors (Lipinski definition) is 4. The predicted molar refractivity (Wildman–Crippen MR) is 171 cm³/mol. The number of nitrogens with zero attached hydrogens (tertiary/aromatic N) is 2. The summed E-state index contributed by atoms with van der Waals surface area (Å²) >= 11 is 0. The molecule has 0 aliphatic carbocycles. The van der Waals surface area contributed by atoms with E-state index in [1.807, 2.05) is 101 Å². The van der Waals surface area contributed by atoms with Crippen molar-refractivity contribution in [3.8, 4) is 0 Å². The first-order valence-corrected chi connectivity index (χ1v) is 16.5. The number of carbonyl (C=O) groups excluding carboxylic acids is 2. The summed E-state index contributed by atoms with van der Waals surface area (Å²) in [6.07, 6.45) is 2.75. The minimum Gasteiger partial charge on any atom is -0.352 e. The Hall–Kier alpha value is -3.65. The number of anilines is 1. The number of aryl methyl sites for hydroxylation is 2. The van der Waals surface area contributed by atoms with E-state index >= 15 is 0 Å². The number of benzene rings is 3. The van der Waals surface area contributed by atoms with Crippen LogP contribution in [0.15, 0.2) is 72.8 Å². The van der Waals surface area contributed by atoms with Crippen LogP contribution in [0.2, 0.25) is 0 Å². The molecule has 0 saturated heterocycles. The topological polar surface area (TPSA) is 86.8 Å². The normalized spacial score (nSPS) is 12.8. The smallest absolute Gasteiger partial charge is 0.243 e. The molecule has 0 fully saturated rings. The van der Waals surface area contributed by atoms with E-state index in [1.54, 1.807) is 11.0 Å². The number of hydrogen-bond donors (Lipinski definition) is 1. The highest BCUT2D eigenvalue weighted by Crippen LogP contribution is 2.26. The number of carbonyl (C=O) groups is 2. The van der Waals surface area contributed by atoms with Crippen molar-refractivity contribution in [1.29, 1.82) is 0 Å². The Balaban J connectivity index is 1.92. The number of rotatable bonds is 14. The SMILES string of the molecule is CC[C@@H](C)NC(=O)[C@@H](Cc1ccccc1)N(Cc1ccccc1C)C(=O)CCCN(c1cccc(C)c1C)S(C)(=O)=O. The predicted octanol–water partition coefficient (Wildman–Crippen LogP) is 5.71. The zero-order valence-electron chi connectivity index (χ0n) is 25.8. The van der Waals surface area contributed by atoms with Crippen LogP contribution in [0.5, 0.6) is 0 Å². The molecule has 8 heteroatoms. The fourth-order valence-corrected chi connectivity index (χ4v) is 5.97. The summed E-state index contributed by atoms with van der Waals surface area (Å²) in [5.74, 6) is -0.379. The Bertz CT molecular complexity index is 1460. The first kappa shape index (κ1) is 32.9. The van der Waals surface area contributed by atoms with E-state index in [1.165, 1.54) is 10.6 Å². The molecule has 0 saturated carbocycles. The van der Waals surface area contributed by atoms with Crippen molar-refractivity contribution >= 4 is 27.5 Å². The van der Waals surface area contributed by atoms with Crippen LogP contribution in [-0.2, 0) is 32.6 Å². The van der Waals surface area contributed by atoms with Crippen LogP contribution in [0.25, 0.3) is 0 Å². The molecule has 226 valence electrons. The van der Waals surface area contributed by atoms with Gasteiger partial charge in [-0.15, -0.1) is 0 Å². The zero-order valence-corrected chi connectivity index (χ0v) is 26.6. The lowest BCUT2D eigenvalue weighted by molar-refractivity contribution is -0.141. The highest BCUT2D eigenvalue weighted by atomic mass is 32.2. The minimum absolute atomic E-state index is 0.0351. The van der Waals surface area contributed by atoms with E-state index in [4.69, 9.17) is 0 Å². The van der Waals surface area contributed by atoms with Gasteiger partial charge in [-0.2, -0.15) is 0 Å². The van der Waals surface area contributed by atoms with Crippen molar-refractivity contribution in [3.05, 3.63) is 101 Å². The quantitative estimate of drug-likeness (QED) is 0.260. The van der Waals surface area contributed by atoms with Crippen molar-refractivity contribution in [2.75, 3.05) is 17.1 Å². The second kappa shape index (κ2) is 15.0. The van der Waals surface area contributed by atoms with Crippen LogP contribution in [0, 0.1) is 20.8 Å². The first-order valence-electron chi connectivity index (χ1n) is 14.6. The van der Waals surface area contributed by atoms with Crippen molar-refractivity contribution < 1.29 is 18.0 Å². The Labute approximate surface area is 252 Å². The van der Waals surface area contributed by atoms with E-state index in [2.05, 4.69) is 5.32 Å². The molecule has 2 amide bonds. The maximum absolute atomic E-state index is 14.0. The number of sulfonamides is 1. The zero-order chi connectivity index (χ0) is 30.9. The van der Waals surface area contributed by atoms with Crippen LogP contribution in [0.4, 0.5) is 5.69 Å². The summed E-state index contributed by atoms with van der Waals surface area (Å²) in [6, 6.07) is 22.4. The third-order valence-corrected chi connectivity index (χ3v) is 9.05. The summed E-state index contributed by atoms with van der Waals surface area (Å²) in [6.45, 7) is 10.3. The van der Waals surface area contributed by atoms with E-state index in [-0.39, 0.29) is 37.4 Å². The molecule has 0 spiro atoms. The van der Waals surface area contributed by atoms with E-state index in [0.717, 1.165) is 34.2 Å². The molecule has 0 aliphatic rings. The van der Waals surface area contributed by atoms with Gasteiger partial charge in [-0.25, -0.2) is 8.42 Å². The van der Waals surface area contributed by atoms with Crippen LogP contribution < -0.4 is 9.62 Å². The lowest BCUT2D eigenvalue weighted by Gasteiger charge is -2.33. The van der Waals surface area contributed by atoms with Gasteiger partial charge in [0.2, 0.25) is 21.8 Å². The Morgan fingerprint density at radius 2 is 1.52 bits per heavy atom. The van der Waals surface area contributed by atoms with E-state index in [9.17, 15) is 18.0 Å². The highest BCUT2D eigenvalue weighted by molar-refractivity contribution is 7.92. The third-order valence-electron chi connectivity index (χ3n) is 7.87.